The van der Waals surface area contributed by atoms with E-state index in [1.165, 1.54) is 18.5 Å². The summed E-state index contributed by atoms with van der Waals surface area (Å²) in [4.78, 5) is 25.0. The first kappa shape index (κ1) is 24.2. The third-order valence-corrected chi connectivity index (χ3v) is 6.86. The van der Waals surface area contributed by atoms with Gasteiger partial charge < -0.3 is 20.7 Å². The van der Waals surface area contributed by atoms with Crippen LogP contribution in [0, 0.1) is 0 Å². The van der Waals surface area contributed by atoms with Crippen molar-refractivity contribution in [3.05, 3.63) is 66.2 Å². The lowest BCUT2D eigenvalue weighted by Gasteiger charge is -2.21. The molecule has 0 unspecified atom stereocenters. The summed E-state index contributed by atoms with van der Waals surface area (Å²) in [5.74, 6) is -0.463. The molecule has 1 heterocycles. The summed E-state index contributed by atoms with van der Waals surface area (Å²) in [5.41, 5.74) is 4.71. The maximum atomic E-state index is 12.9. The number of benzene rings is 3. The number of carbonyl (C=O) groups is 2. The van der Waals surface area contributed by atoms with E-state index in [9.17, 15) is 18.0 Å². The molecular formula is C25H26N4O5S. The van der Waals surface area contributed by atoms with Crippen LogP contribution < -0.4 is 20.3 Å². The summed E-state index contributed by atoms with van der Waals surface area (Å²) >= 11 is 0. The highest BCUT2D eigenvalue weighted by Crippen LogP contribution is 2.38. The number of sulfonamides is 1. The molecule has 0 aromatic heterocycles. The SMILES string of the molecule is COCCC(=O)Nc1ccc2c(c1)Nc1cc(-c3ccccc3N(C)S(C)(=O)=O)ccc1C(=O)N2. The lowest BCUT2D eigenvalue weighted by Crippen LogP contribution is -2.25. The van der Waals surface area contributed by atoms with Gasteiger partial charge in [0.25, 0.3) is 5.91 Å². The van der Waals surface area contributed by atoms with Crippen LogP contribution in [0.25, 0.3) is 11.1 Å². The van der Waals surface area contributed by atoms with Crippen LogP contribution in [0.2, 0.25) is 0 Å². The van der Waals surface area contributed by atoms with Crippen molar-refractivity contribution in [3.63, 3.8) is 0 Å². The van der Waals surface area contributed by atoms with E-state index in [0.29, 0.717) is 46.2 Å². The molecule has 0 fully saturated rings. The van der Waals surface area contributed by atoms with Gasteiger partial charge in [0.15, 0.2) is 0 Å². The fourth-order valence-corrected chi connectivity index (χ4v) is 4.29. The number of rotatable bonds is 7. The Morgan fingerprint density at radius 3 is 2.49 bits per heavy atom. The molecule has 1 aliphatic heterocycles. The van der Waals surface area contributed by atoms with Crippen LogP contribution in [-0.2, 0) is 19.6 Å². The van der Waals surface area contributed by atoms with Crippen LogP contribution in [0.3, 0.4) is 0 Å². The van der Waals surface area contributed by atoms with Crippen molar-refractivity contribution in [1.82, 2.24) is 0 Å². The molecule has 3 aromatic rings. The minimum atomic E-state index is -3.47. The Bertz CT molecular complexity index is 1400. The van der Waals surface area contributed by atoms with E-state index in [1.54, 1.807) is 42.5 Å². The van der Waals surface area contributed by atoms with Gasteiger partial charge in [-0.3, -0.25) is 13.9 Å². The molecule has 0 bridgehead atoms. The predicted octanol–water partition coefficient (Wildman–Crippen LogP) is 4.03. The molecule has 1 aliphatic rings. The fraction of sp³-hybridized carbons (Fsp3) is 0.200. The number of ether oxygens (including phenoxy) is 1. The lowest BCUT2D eigenvalue weighted by molar-refractivity contribution is -0.117. The van der Waals surface area contributed by atoms with Gasteiger partial charge in [0, 0.05) is 25.4 Å². The van der Waals surface area contributed by atoms with Crippen LogP contribution in [0.1, 0.15) is 16.8 Å². The first-order chi connectivity index (χ1) is 16.7. The molecule has 0 spiro atoms. The van der Waals surface area contributed by atoms with Gasteiger partial charge in [-0.15, -0.1) is 0 Å². The fourth-order valence-electron chi connectivity index (χ4n) is 3.77. The molecule has 10 heteroatoms. The molecule has 182 valence electrons. The first-order valence-electron chi connectivity index (χ1n) is 10.9. The second-order valence-electron chi connectivity index (χ2n) is 8.14. The Morgan fingerprint density at radius 2 is 1.74 bits per heavy atom. The van der Waals surface area contributed by atoms with Gasteiger partial charge in [-0.25, -0.2) is 8.42 Å². The maximum Gasteiger partial charge on any atom is 0.257 e. The molecule has 0 atom stereocenters. The second kappa shape index (κ2) is 9.77. The van der Waals surface area contributed by atoms with Crippen molar-refractivity contribution in [3.8, 4) is 11.1 Å². The van der Waals surface area contributed by atoms with Gasteiger partial charge in [-0.2, -0.15) is 0 Å². The van der Waals surface area contributed by atoms with Gasteiger partial charge >= 0.3 is 0 Å². The molecule has 3 N–H and O–H groups in total. The van der Waals surface area contributed by atoms with Crippen LogP contribution in [-0.4, -0.2) is 47.3 Å². The highest BCUT2D eigenvalue weighted by atomic mass is 32.2. The quantitative estimate of drug-likeness (QED) is 0.457. The molecule has 0 radical (unpaired) electrons. The number of anilines is 5. The van der Waals surface area contributed by atoms with E-state index >= 15 is 0 Å². The average molecular weight is 495 g/mol. The zero-order valence-corrected chi connectivity index (χ0v) is 20.4. The van der Waals surface area contributed by atoms with Crippen molar-refractivity contribution in [2.45, 2.75) is 6.42 Å². The summed E-state index contributed by atoms with van der Waals surface area (Å²) in [5, 5.41) is 8.99. The zero-order chi connectivity index (χ0) is 25.2. The van der Waals surface area contributed by atoms with E-state index in [0.717, 1.165) is 11.8 Å². The van der Waals surface area contributed by atoms with Crippen LogP contribution in [0.4, 0.5) is 28.4 Å². The highest BCUT2D eigenvalue weighted by Gasteiger charge is 2.22. The Morgan fingerprint density at radius 1 is 0.971 bits per heavy atom. The van der Waals surface area contributed by atoms with Gasteiger partial charge in [-0.1, -0.05) is 24.3 Å². The Labute approximate surface area is 204 Å². The average Bonchev–Trinajstić information content (AvgIpc) is 2.96. The molecule has 2 amide bonds. The number of hydrogen-bond acceptors (Lipinski definition) is 6. The summed E-state index contributed by atoms with van der Waals surface area (Å²) in [6.45, 7) is 0.317. The first-order valence-corrected chi connectivity index (χ1v) is 12.7. The molecule has 0 aliphatic carbocycles. The second-order valence-corrected chi connectivity index (χ2v) is 10.2. The van der Waals surface area contributed by atoms with E-state index < -0.39 is 10.0 Å². The van der Waals surface area contributed by atoms with Crippen LogP contribution in [0.15, 0.2) is 60.7 Å². The summed E-state index contributed by atoms with van der Waals surface area (Å²) < 4.78 is 30.5. The van der Waals surface area contributed by atoms with Crippen LogP contribution in [0.5, 0.6) is 0 Å². The van der Waals surface area contributed by atoms with Crippen molar-refractivity contribution in [2.75, 3.05) is 47.3 Å². The molecular weight excluding hydrogens is 468 g/mol. The summed E-state index contributed by atoms with van der Waals surface area (Å²) in [7, 11) is -0.433. The van der Waals surface area contributed by atoms with E-state index in [4.69, 9.17) is 4.74 Å². The number of fused-ring (bicyclic) bond motifs is 2. The number of nitrogens with zero attached hydrogens (tertiary/aromatic N) is 1. The smallest absolute Gasteiger partial charge is 0.257 e. The number of methoxy groups -OCH3 is 1. The third kappa shape index (κ3) is 5.28. The summed E-state index contributed by atoms with van der Waals surface area (Å²) in [6, 6.07) is 17.6. The standard InChI is InChI=1S/C25H26N4O5S/c1-29(35(3,32)33)23-7-5-4-6-18(23)16-8-10-19-21(14-16)27-22-15-17(26-24(30)12-13-34-2)9-11-20(22)28-25(19)31/h4-11,14-15,27H,12-13H2,1-3H3,(H,26,30)(H,28,31). The number of para-hydroxylation sites is 1. The largest absolute Gasteiger partial charge is 0.384 e. The van der Waals surface area contributed by atoms with Crippen molar-refractivity contribution >= 4 is 50.3 Å². The number of carbonyl (C=O) groups excluding carboxylic acids is 2. The van der Waals surface area contributed by atoms with Crippen molar-refractivity contribution in [1.29, 1.82) is 0 Å². The summed E-state index contributed by atoms with van der Waals surface area (Å²) in [6.07, 6.45) is 1.38. The van der Waals surface area contributed by atoms with Gasteiger partial charge in [0.05, 0.1) is 47.6 Å². The molecule has 4 rings (SSSR count). The van der Waals surface area contributed by atoms with E-state index in [-0.39, 0.29) is 18.2 Å². The monoisotopic (exact) mass is 494 g/mol. The van der Waals surface area contributed by atoms with Gasteiger partial charge in [0.1, 0.15) is 0 Å². The van der Waals surface area contributed by atoms with E-state index in [2.05, 4.69) is 16.0 Å². The molecule has 35 heavy (non-hydrogen) atoms. The topological polar surface area (TPSA) is 117 Å². The number of nitrogens with one attached hydrogen (secondary N) is 3. The molecule has 0 saturated carbocycles. The number of amides is 2. The van der Waals surface area contributed by atoms with Crippen molar-refractivity contribution in [2.24, 2.45) is 0 Å². The normalized spacial score (nSPS) is 12.5. The molecule has 3 aromatic carbocycles. The number of hydrogen-bond donors (Lipinski definition) is 3. The lowest BCUT2D eigenvalue weighted by atomic mass is 10.0. The molecule has 9 nitrogen and oxygen atoms in total. The Kier molecular flexibility index (Phi) is 6.77. The third-order valence-electron chi connectivity index (χ3n) is 5.67. The van der Waals surface area contributed by atoms with Crippen LogP contribution >= 0.6 is 0 Å². The predicted molar refractivity (Wildman–Crippen MR) is 138 cm³/mol. The Hall–Kier alpha value is -3.89. The van der Waals surface area contributed by atoms with Crippen molar-refractivity contribution < 1.29 is 22.7 Å². The zero-order valence-electron chi connectivity index (χ0n) is 19.6. The molecule has 0 saturated heterocycles. The Balaban J connectivity index is 1.71. The van der Waals surface area contributed by atoms with Gasteiger partial charge in [0.2, 0.25) is 15.9 Å². The highest BCUT2D eigenvalue weighted by molar-refractivity contribution is 7.92. The van der Waals surface area contributed by atoms with E-state index in [1.807, 2.05) is 18.2 Å². The minimum Gasteiger partial charge on any atom is -0.384 e. The minimum absolute atomic E-state index is 0.182. The van der Waals surface area contributed by atoms with Gasteiger partial charge in [-0.05, 0) is 42.0 Å². The maximum absolute atomic E-state index is 12.9.